The maximum absolute atomic E-state index is 12.1. The van der Waals surface area contributed by atoms with E-state index in [9.17, 15) is 9.90 Å². The second kappa shape index (κ2) is 6.27. The highest BCUT2D eigenvalue weighted by Crippen LogP contribution is 2.22. The molecule has 20 heavy (non-hydrogen) atoms. The topological polar surface area (TPSA) is 49.3 Å². The Hall–Kier alpha value is -1.55. The van der Waals surface area contributed by atoms with E-state index in [1.165, 1.54) is 6.07 Å². The molecular formula is C15H13Cl2NO2. The van der Waals surface area contributed by atoms with Gasteiger partial charge in [-0.3, -0.25) is 4.79 Å². The first-order chi connectivity index (χ1) is 9.47. The third-order valence-corrected chi connectivity index (χ3v) is 3.37. The van der Waals surface area contributed by atoms with Crippen LogP contribution in [0.3, 0.4) is 0 Å². The van der Waals surface area contributed by atoms with Gasteiger partial charge in [0.05, 0.1) is 16.7 Å². The van der Waals surface area contributed by atoms with E-state index in [4.69, 9.17) is 23.2 Å². The Bertz CT molecular complexity index is 624. The fourth-order valence-electron chi connectivity index (χ4n) is 1.72. The van der Waals surface area contributed by atoms with Crippen LogP contribution in [0.5, 0.6) is 0 Å². The van der Waals surface area contributed by atoms with Crippen molar-refractivity contribution in [1.29, 1.82) is 0 Å². The smallest absolute Gasteiger partial charge is 0.257 e. The number of amides is 1. The van der Waals surface area contributed by atoms with Crippen LogP contribution in [-0.4, -0.2) is 11.0 Å². The minimum Gasteiger partial charge on any atom is -0.389 e. The van der Waals surface area contributed by atoms with Gasteiger partial charge in [-0.2, -0.15) is 0 Å². The van der Waals surface area contributed by atoms with Crippen molar-refractivity contribution in [2.75, 3.05) is 5.32 Å². The summed E-state index contributed by atoms with van der Waals surface area (Å²) in [5.74, 6) is -0.309. The molecule has 0 aromatic heterocycles. The van der Waals surface area contributed by atoms with E-state index in [-0.39, 0.29) is 5.91 Å². The zero-order valence-corrected chi connectivity index (χ0v) is 12.2. The normalized spacial score (nSPS) is 12.0. The van der Waals surface area contributed by atoms with Gasteiger partial charge in [0.15, 0.2) is 0 Å². The van der Waals surface area contributed by atoms with E-state index < -0.39 is 6.10 Å². The summed E-state index contributed by atoms with van der Waals surface area (Å²) >= 11 is 11.8. The van der Waals surface area contributed by atoms with Gasteiger partial charge in [0.25, 0.3) is 5.91 Å². The Balaban J connectivity index is 2.15. The molecule has 0 aliphatic heterocycles. The van der Waals surface area contributed by atoms with Crippen molar-refractivity contribution >= 4 is 34.8 Å². The van der Waals surface area contributed by atoms with Crippen LogP contribution in [0.15, 0.2) is 42.5 Å². The van der Waals surface area contributed by atoms with E-state index in [1.54, 1.807) is 43.3 Å². The molecule has 0 fully saturated rings. The van der Waals surface area contributed by atoms with Gasteiger partial charge < -0.3 is 10.4 Å². The van der Waals surface area contributed by atoms with Crippen molar-refractivity contribution in [2.45, 2.75) is 13.0 Å². The summed E-state index contributed by atoms with van der Waals surface area (Å²) < 4.78 is 0. The fraction of sp³-hybridized carbons (Fsp3) is 0.133. The summed E-state index contributed by atoms with van der Waals surface area (Å²) in [6.45, 7) is 1.68. The lowest BCUT2D eigenvalue weighted by molar-refractivity contribution is 0.102. The summed E-state index contributed by atoms with van der Waals surface area (Å²) in [6.07, 6.45) is -0.537. The molecule has 0 unspecified atom stereocenters. The van der Waals surface area contributed by atoms with Gasteiger partial charge in [0.1, 0.15) is 0 Å². The molecule has 0 bridgehead atoms. The number of benzene rings is 2. The Morgan fingerprint density at radius 2 is 1.80 bits per heavy atom. The average Bonchev–Trinajstić information content (AvgIpc) is 2.39. The number of carbonyl (C=O) groups is 1. The van der Waals surface area contributed by atoms with Crippen LogP contribution >= 0.6 is 23.2 Å². The molecular weight excluding hydrogens is 297 g/mol. The van der Waals surface area contributed by atoms with Gasteiger partial charge in [-0.05, 0) is 42.8 Å². The molecule has 5 heteroatoms. The van der Waals surface area contributed by atoms with Gasteiger partial charge in [0, 0.05) is 10.7 Å². The number of carbonyl (C=O) groups excluding carboxylic acids is 1. The molecule has 2 aromatic carbocycles. The minimum absolute atomic E-state index is 0.301. The van der Waals surface area contributed by atoms with Crippen molar-refractivity contribution in [1.82, 2.24) is 0 Å². The minimum atomic E-state index is -0.537. The number of hydrogen-bond acceptors (Lipinski definition) is 2. The molecule has 3 nitrogen and oxygen atoms in total. The molecule has 2 rings (SSSR count). The Labute approximate surface area is 127 Å². The second-order valence-corrected chi connectivity index (χ2v) is 5.22. The third kappa shape index (κ3) is 3.51. The number of halogens is 2. The van der Waals surface area contributed by atoms with Gasteiger partial charge >= 0.3 is 0 Å². The number of aliphatic hydroxyl groups is 1. The first kappa shape index (κ1) is 14.9. The molecule has 1 amide bonds. The molecule has 0 aliphatic carbocycles. The standard InChI is InChI=1S/C15H13Cl2NO2/c1-9(19)10-2-5-12(6-3-10)18-15(20)13-7-4-11(16)8-14(13)17/h2-9,19H,1H3,(H,18,20)/t9-/m0/s1. The van der Waals surface area contributed by atoms with Crippen LogP contribution in [0.4, 0.5) is 5.69 Å². The quantitative estimate of drug-likeness (QED) is 0.888. The van der Waals surface area contributed by atoms with Crippen molar-refractivity contribution in [3.8, 4) is 0 Å². The number of anilines is 1. The van der Waals surface area contributed by atoms with Gasteiger partial charge in [-0.15, -0.1) is 0 Å². The molecule has 0 radical (unpaired) electrons. The van der Waals surface area contributed by atoms with Crippen molar-refractivity contribution < 1.29 is 9.90 Å². The molecule has 0 aliphatic rings. The monoisotopic (exact) mass is 309 g/mol. The summed E-state index contributed by atoms with van der Waals surface area (Å²) in [5.41, 5.74) is 1.77. The van der Waals surface area contributed by atoms with E-state index in [2.05, 4.69) is 5.32 Å². The van der Waals surface area contributed by atoms with Crippen LogP contribution in [0.1, 0.15) is 28.9 Å². The zero-order valence-electron chi connectivity index (χ0n) is 10.7. The Morgan fingerprint density at radius 3 is 2.35 bits per heavy atom. The van der Waals surface area contributed by atoms with Crippen LogP contribution in [0.2, 0.25) is 10.0 Å². The van der Waals surface area contributed by atoms with E-state index in [1.807, 2.05) is 0 Å². The lowest BCUT2D eigenvalue weighted by atomic mass is 10.1. The Morgan fingerprint density at radius 1 is 1.15 bits per heavy atom. The first-order valence-electron chi connectivity index (χ1n) is 6.02. The summed E-state index contributed by atoms with van der Waals surface area (Å²) in [7, 11) is 0. The predicted octanol–water partition coefficient (Wildman–Crippen LogP) is 4.30. The highest BCUT2D eigenvalue weighted by Gasteiger charge is 2.11. The largest absolute Gasteiger partial charge is 0.389 e. The summed E-state index contributed by atoms with van der Waals surface area (Å²) in [4.78, 5) is 12.1. The van der Waals surface area contributed by atoms with E-state index in [0.717, 1.165) is 5.56 Å². The molecule has 1 atom stereocenters. The van der Waals surface area contributed by atoms with E-state index in [0.29, 0.717) is 21.3 Å². The Kier molecular flexibility index (Phi) is 4.65. The van der Waals surface area contributed by atoms with Gasteiger partial charge in [0.2, 0.25) is 0 Å². The van der Waals surface area contributed by atoms with Crippen molar-refractivity contribution in [3.63, 3.8) is 0 Å². The summed E-state index contributed by atoms with van der Waals surface area (Å²) in [5, 5.41) is 12.9. The summed E-state index contributed by atoms with van der Waals surface area (Å²) in [6, 6.07) is 11.7. The highest BCUT2D eigenvalue weighted by atomic mass is 35.5. The molecule has 0 saturated carbocycles. The maximum atomic E-state index is 12.1. The van der Waals surface area contributed by atoms with Crippen LogP contribution in [0, 0.1) is 0 Å². The van der Waals surface area contributed by atoms with Crippen molar-refractivity contribution in [2.24, 2.45) is 0 Å². The predicted molar refractivity (Wildman–Crippen MR) is 81.5 cm³/mol. The SMILES string of the molecule is C[C@H](O)c1ccc(NC(=O)c2ccc(Cl)cc2Cl)cc1. The third-order valence-electron chi connectivity index (χ3n) is 2.83. The van der Waals surface area contributed by atoms with Crippen LogP contribution < -0.4 is 5.32 Å². The maximum Gasteiger partial charge on any atom is 0.257 e. The number of nitrogens with one attached hydrogen (secondary N) is 1. The molecule has 104 valence electrons. The highest BCUT2D eigenvalue weighted by molar-refractivity contribution is 6.37. The molecule has 0 spiro atoms. The fourth-order valence-corrected chi connectivity index (χ4v) is 2.21. The molecule has 0 saturated heterocycles. The molecule has 0 heterocycles. The van der Waals surface area contributed by atoms with Gasteiger partial charge in [-0.1, -0.05) is 35.3 Å². The van der Waals surface area contributed by atoms with Gasteiger partial charge in [-0.25, -0.2) is 0 Å². The molecule has 2 aromatic rings. The van der Waals surface area contributed by atoms with Crippen molar-refractivity contribution in [3.05, 3.63) is 63.6 Å². The number of hydrogen-bond donors (Lipinski definition) is 2. The first-order valence-corrected chi connectivity index (χ1v) is 6.77. The molecule has 2 N–H and O–H groups in total. The lowest BCUT2D eigenvalue weighted by Crippen LogP contribution is -2.12. The lowest BCUT2D eigenvalue weighted by Gasteiger charge is -2.09. The zero-order chi connectivity index (χ0) is 14.7. The second-order valence-electron chi connectivity index (χ2n) is 4.38. The average molecular weight is 310 g/mol. The van der Waals surface area contributed by atoms with E-state index >= 15 is 0 Å². The van der Waals surface area contributed by atoms with Crippen LogP contribution in [-0.2, 0) is 0 Å². The number of rotatable bonds is 3. The number of aliphatic hydroxyl groups excluding tert-OH is 1. The van der Waals surface area contributed by atoms with Crippen LogP contribution in [0.25, 0.3) is 0 Å².